The Balaban J connectivity index is 2.94. The number of thiazole rings is 1. The fourth-order valence-electron chi connectivity index (χ4n) is 2.11. The summed E-state index contributed by atoms with van der Waals surface area (Å²) in [6.07, 6.45) is 0. The Morgan fingerprint density at radius 2 is 1.80 bits per heavy atom. The Kier molecular flexibility index (Phi) is 6.92. The minimum atomic E-state index is 0.438. The maximum Gasteiger partial charge on any atom is 0.185 e. The summed E-state index contributed by atoms with van der Waals surface area (Å²) in [5.41, 5.74) is 7.04. The minimum Gasteiger partial charge on any atom is -0.347 e. The predicted octanol–water partition coefficient (Wildman–Crippen LogP) is 2.75. The molecule has 0 aromatic carbocycles. The number of hydrogen-bond donors (Lipinski definition) is 1. The summed E-state index contributed by atoms with van der Waals surface area (Å²) in [7, 11) is 4.22. The molecular formula is C15H30N4S. The molecule has 0 spiro atoms. The molecule has 0 aliphatic rings. The quantitative estimate of drug-likeness (QED) is 0.801. The van der Waals surface area contributed by atoms with Crippen LogP contribution in [0.5, 0.6) is 0 Å². The molecule has 0 bridgehead atoms. The molecular weight excluding hydrogens is 268 g/mol. The SMILES string of the molecule is CC(C)CN(CCN(C)C)c1nc(C(C)C)c(CN)s1. The van der Waals surface area contributed by atoms with E-state index in [0.29, 0.717) is 18.4 Å². The van der Waals surface area contributed by atoms with E-state index >= 15 is 0 Å². The van der Waals surface area contributed by atoms with Crippen molar-refractivity contribution < 1.29 is 0 Å². The van der Waals surface area contributed by atoms with Gasteiger partial charge in [0, 0.05) is 31.1 Å². The number of hydrogen-bond acceptors (Lipinski definition) is 5. The van der Waals surface area contributed by atoms with Crippen molar-refractivity contribution in [2.75, 3.05) is 38.6 Å². The van der Waals surface area contributed by atoms with E-state index in [-0.39, 0.29) is 0 Å². The summed E-state index contributed by atoms with van der Waals surface area (Å²) >= 11 is 1.76. The van der Waals surface area contributed by atoms with Crippen LogP contribution in [-0.4, -0.2) is 43.6 Å². The topological polar surface area (TPSA) is 45.4 Å². The van der Waals surface area contributed by atoms with E-state index in [2.05, 4.69) is 51.6 Å². The zero-order valence-corrected chi connectivity index (χ0v) is 14.6. The third-order valence-electron chi connectivity index (χ3n) is 3.12. The van der Waals surface area contributed by atoms with Crippen molar-refractivity contribution in [3.63, 3.8) is 0 Å². The first-order valence-corrected chi connectivity index (χ1v) is 8.26. The van der Waals surface area contributed by atoms with E-state index in [1.165, 1.54) is 10.6 Å². The lowest BCUT2D eigenvalue weighted by molar-refractivity contribution is 0.409. The maximum absolute atomic E-state index is 5.87. The van der Waals surface area contributed by atoms with Crippen LogP contribution >= 0.6 is 11.3 Å². The molecule has 1 rings (SSSR count). The summed E-state index contributed by atoms with van der Waals surface area (Å²) in [6, 6.07) is 0. The zero-order chi connectivity index (χ0) is 15.3. The molecule has 0 aliphatic heterocycles. The molecule has 1 heterocycles. The van der Waals surface area contributed by atoms with E-state index in [4.69, 9.17) is 10.7 Å². The van der Waals surface area contributed by atoms with Gasteiger partial charge < -0.3 is 15.5 Å². The second kappa shape index (κ2) is 7.96. The van der Waals surface area contributed by atoms with Crippen LogP contribution in [0.1, 0.15) is 44.2 Å². The summed E-state index contributed by atoms with van der Waals surface area (Å²) < 4.78 is 0. The first-order chi connectivity index (χ1) is 9.35. The Bertz CT molecular complexity index is 399. The number of nitrogens with zero attached hydrogens (tertiary/aromatic N) is 3. The van der Waals surface area contributed by atoms with Gasteiger partial charge in [-0.25, -0.2) is 4.98 Å². The number of nitrogens with two attached hydrogens (primary N) is 1. The van der Waals surface area contributed by atoms with Crippen molar-refractivity contribution in [1.82, 2.24) is 9.88 Å². The largest absolute Gasteiger partial charge is 0.347 e. The van der Waals surface area contributed by atoms with Gasteiger partial charge in [-0.1, -0.05) is 27.7 Å². The standard InChI is InChI=1S/C15H30N4S/c1-11(2)10-19(8-7-18(5)6)15-17-14(12(3)4)13(9-16)20-15/h11-12H,7-10,16H2,1-6H3. The molecule has 0 fully saturated rings. The monoisotopic (exact) mass is 298 g/mol. The summed E-state index contributed by atoms with van der Waals surface area (Å²) in [5, 5.41) is 1.13. The van der Waals surface area contributed by atoms with Crippen LogP contribution in [0.4, 0.5) is 5.13 Å². The van der Waals surface area contributed by atoms with Crippen molar-refractivity contribution in [3.05, 3.63) is 10.6 Å². The van der Waals surface area contributed by atoms with Crippen LogP contribution in [0.15, 0.2) is 0 Å². The molecule has 0 saturated carbocycles. The van der Waals surface area contributed by atoms with Gasteiger partial charge in [0.05, 0.1) is 5.69 Å². The van der Waals surface area contributed by atoms with Gasteiger partial charge in [-0.3, -0.25) is 0 Å². The zero-order valence-electron chi connectivity index (χ0n) is 13.8. The summed E-state index contributed by atoms with van der Waals surface area (Å²) in [4.78, 5) is 10.7. The molecule has 1 aromatic rings. The van der Waals surface area contributed by atoms with Crippen molar-refractivity contribution >= 4 is 16.5 Å². The van der Waals surface area contributed by atoms with E-state index in [1.807, 2.05) is 0 Å². The molecule has 0 radical (unpaired) electrons. The van der Waals surface area contributed by atoms with Crippen LogP contribution in [-0.2, 0) is 6.54 Å². The molecule has 116 valence electrons. The Hall–Kier alpha value is -0.650. The molecule has 0 saturated heterocycles. The van der Waals surface area contributed by atoms with Gasteiger partial charge in [0.2, 0.25) is 0 Å². The van der Waals surface area contributed by atoms with Gasteiger partial charge in [0.25, 0.3) is 0 Å². The highest BCUT2D eigenvalue weighted by Gasteiger charge is 2.18. The van der Waals surface area contributed by atoms with Crippen molar-refractivity contribution in [2.24, 2.45) is 11.7 Å². The average Bonchev–Trinajstić information content (AvgIpc) is 2.77. The molecule has 20 heavy (non-hydrogen) atoms. The van der Waals surface area contributed by atoms with Crippen molar-refractivity contribution in [3.8, 4) is 0 Å². The molecule has 4 nitrogen and oxygen atoms in total. The third kappa shape index (κ3) is 5.04. The van der Waals surface area contributed by atoms with E-state index < -0.39 is 0 Å². The van der Waals surface area contributed by atoms with Crippen molar-refractivity contribution in [1.29, 1.82) is 0 Å². The van der Waals surface area contributed by atoms with Crippen molar-refractivity contribution in [2.45, 2.75) is 40.2 Å². The molecule has 0 aliphatic carbocycles. The normalized spacial score (nSPS) is 11.9. The number of likely N-dealkylation sites (N-methyl/N-ethyl adjacent to an activating group) is 1. The number of rotatable bonds is 8. The fraction of sp³-hybridized carbons (Fsp3) is 0.800. The second-order valence-electron chi connectivity index (χ2n) is 6.31. The molecule has 1 aromatic heterocycles. The Labute approximate surface area is 128 Å². The third-order valence-corrected chi connectivity index (χ3v) is 4.28. The van der Waals surface area contributed by atoms with E-state index in [0.717, 1.165) is 24.8 Å². The van der Waals surface area contributed by atoms with Crippen LogP contribution in [0.2, 0.25) is 0 Å². The number of aromatic nitrogens is 1. The first-order valence-electron chi connectivity index (χ1n) is 7.44. The lowest BCUT2D eigenvalue weighted by Gasteiger charge is -2.25. The fourth-order valence-corrected chi connectivity index (χ4v) is 3.24. The molecule has 5 heteroatoms. The Morgan fingerprint density at radius 3 is 2.20 bits per heavy atom. The van der Waals surface area contributed by atoms with Gasteiger partial charge >= 0.3 is 0 Å². The summed E-state index contributed by atoms with van der Waals surface area (Å²) in [5.74, 6) is 1.07. The maximum atomic E-state index is 5.87. The number of anilines is 1. The van der Waals surface area contributed by atoms with Gasteiger partial charge in [-0.15, -0.1) is 11.3 Å². The highest BCUT2D eigenvalue weighted by atomic mass is 32.1. The average molecular weight is 298 g/mol. The minimum absolute atomic E-state index is 0.438. The molecule has 0 amide bonds. The van der Waals surface area contributed by atoms with Crippen LogP contribution in [0.3, 0.4) is 0 Å². The van der Waals surface area contributed by atoms with E-state index in [9.17, 15) is 0 Å². The second-order valence-corrected chi connectivity index (χ2v) is 7.37. The van der Waals surface area contributed by atoms with Gasteiger partial charge in [0.15, 0.2) is 5.13 Å². The van der Waals surface area contributed by atoms with Gasteiger partial charge in [-0.2, -0.15) is 0 Å². The van der Waals surface area contributed by atoms with Crippen LogP contribution in [0.25, 0.3) is 0 Å². The lowest BCUT2D eigenvalue weighted by Crippen LogP contribution is -2.34. The smallest absolute Gasteiger partial charge is 0.185 e. The predicted molar refractivity (Wildman–Crippen MR) is 89.7 cm³/mol. The molecule has 2 N–H and O–H groups in total. The molecule has 0 unspecified atom stereocenters. The van der Waals surface area contributed by atoms with Crippen LogP contribution in [0, 0.1) is 5.92 Å². The summed E-state index contributed by atoms with van der Waals surface area (Å²) in [6.45, 7) is 12.6. The highest BCUT2D eigenvalue weighted by Crippen LogP contribution is 2.30. The first kappa shape index (κ1) is 17.4. The van der Waals surface area contributed by atoms with Crippen LogP contribution < -0.4 is 10.6 Å². The van der Waals surface area contributed by atoms with E-state index in [1.54, 1.807) is 11.3 Å². The van der Waals surface area contributed by atoms with Gasteiger partial charge in [-0.05, 0) is 25.9 Å². The Morgan fingerprint density at radius 1 is 1.15 bits per heavy atom. The lowest BCUT2D eigenvalue weighted by atomic mass is 10.1. The highest BCUT2D eigenvalue weighted by molar-refractivity contribution is 7.15. The van der Waals surface area contributed by atoms with Gasteiger partial charge in [0.1, 0.15) is 0 Å². The molecule has 0 atom stereocenters.